The maximum Gasteiger partial charge on any atom is 0.325 e. The molecule has 2 rings (SSSR count). The maximum atomic E-state index is 12.8. The molecule has 0 aromatic heterocycles. The molecule has 26 heavy (non-hydrogen) atoms. The van der Waals surface area contributed by atoms with Gasteiger partial charge in [-0.25, -0.2) is 4.79 Å². The molecule has 3 amide bonds. The molecule has 0 saturated carbocycles. The Morgan fingerprint density at radius 3 is 2.50 bits per heavy atom. The molecule has 1 aliphatic heterocycles. The highest BCUT2D eigenvalue weighted by atomic mass is 16.5. The number of imide groups is 1. The van der Waals surface area contributed by atoms with E-state index in [1.54, 1.807) is 0 Å². The third-order valence-electron chi connectivity index (χ3n) is 4.74. The Bertz CT molecular complexity index is 626. The highest BCUT2D eigenvalue weighted by molar-refractivity contribution is 6.07. The fraction of sp³-hybridized carbons (Fsp3) is 0.600. The van der Waals surface area contributed by atoms with Crippen molar-refractivity contribution in [1.29, 1.82) is 0 Å². The number of nitrogens with zero attached hydrogens (tertiary/aromatic N) is 1. The molecular formula is C20H30N2O4. The number of β-amino-alcohol motifs (C(OH)–C–C–N with tert-alkyl or cyclic N) is 1. The van der Waals surface area contributed by atoms with Crippen molar-refractivity contribution in [2.24, 2.45) is 0 Å². The Labute approximate surface area is 155 Å². The first-order valence-corrected chi connectivity index (χ1v) is 9.49. The van der Waals surface area contributed by atoms with Gasteiger partial charge in [0, 0.05) is 0 Å². The van der Waals surface area contributed by atoms with Crippen LogP contribution in [-0.4, -0.2) is 46.7 Å². The first-order valence-electron chi connectivity index (χ1n) is 9.49. The summed E-state index contributed by atoms with van der Waals surface area (Å²) in [7, 11) is 0. The molecule has 1 fully saturated rings. The fourth-order valence-corrected chi connectivity index (χ4v) is 3.47. The monoisotopic (exact) mass is 362 g/mol. The summed E-state index contributed by atoms with van der Waals surface area (Å²) < 4.78 is 5.62. The first kappa shape index (κ1) is 20.2. The molecule has 0 spiro atoms. The predicted octanol–water partition coefficient (Wildman–Crippen LogP) is 2.88. The number of carbonyl (C=O) groups excluding carboxylic acids is 2. The van der Waals surface area contributed by atoms with Crippen molar-refractivity contribution in [3.63, 3.8) is 0 Å². The van der Waals surface area contributed by atoms with E-state index >= 15 is 0 Å². The lowest BCUT2D eigenvalue weighted by Gasteiger charge is -2.26. The van der Waals surface area contributed by atoms with Crippen LogP contribution in [0.15, 0.2) is 24.3 Å². The number of carbonyl (C=O) groups is 2. The number of rotatable bonds is 10. The predicted molar refractivity (Wildman–Crippen MR) is 100 cm³/mol. The minimum atomic E-state index is -0.936. The Hall–Kier alpha value is -2.08. The van der Waals surface area contributed by atoms with Gasteiger partial charge < -0.3 is 15.2 Å². The van der Waals surface area contributed by atoms with Gasteiger partial charge in [-0.2, -0.15) is 0 Å². The number of benzene rings is 1. The average Bonchev–Trinajstić information content (AvgIpc) is 2.85. The van der Waals surface area contributed by atoms with E-state index in [1.165, 1.54) is 0 Å². The molecule has 6 nitrogen and oxygen atoms in total. The number of hydrogen-bond acceptors (Lipinski definition) is 4. The van der Waals surface area contributed by atoms with Gasteiger partial charge in [0.15, 0.2) is 0 Å². The van der Waals surface area contributed by atoms with Crippen molar-refractivity contribution >= 4 is 11.9 Å². The fourth-order valence-electron chi connectivity index (χ4n) is 3.47. The largest absolute Gasteiger partial charge is 0.491 e. The number of aliphatic hydroxyl groups is 1. The normalized spacial score (nSPS) is 17.3. The lowest BCUT2D eigenvalue weighted by atomic mass is 9.88. The number of amides is 3. The summed E-state index contributed by atoms with van der Waals surface area (Å²) in [4.78, 5) is 26.2. The number of urea groups is 1. The molecule has 144 valence electrons. The summed E-state index contributed by atoms with van der Waals surface area (Å²) in [6.07, 6.45) is 2.79. The minimum Gasteiger partial charge on any atom is -0.491 e. The first-order chi connectivity index (χ1) is 12.5. The molecule has 0 radical (unpaired) electrons. The number of nitrogens with one attached hydrogen (secondary N) is 1. The molecule has 1 unspecified atom stereocenters. The van der Waals surface area contributed by atoms with Crippen molar-refractivity contribution in [3.05, 3.63) is 29.8 Å². The van der Waals surface area contributed by atoms with Gasteiger partial charge in [0.1, 0.15) is 24.0 Å². The molecule has 6 heteroatoms. The molecule has 1 aromatic carbocycles. The molecule has 1 aliphatic rings. The molecular weight excluding hydrogens is 332 g/mol. The Balaban J connectivity index is 1.96. The van der Waals surface area contributed by atoms with E-state index in [1.807, 2.05) is 38.1 Å². The smallest absolute Gasteiger partial charge is 0.325 e. The van der Waals surface area contributed by atoms with Crippen LogP contribution in [0.4, 0.5) is 4.79 Å². The van der Waals surface area contributed by atoms with Gasteiger partial charge in [0.25, 0.3) is 5.91 Å². The van der Waals surface area contributed by atoms with E-state index in [9.17, 15) is 14.7 Å². The van der Waals surface area contributed by atoms with Crippen LogP contribution in [0.2, 0.25) is 0 Å². The number of hydrogen-bond donors (Lipinski definition) is 2. The van der Waals surface area contributed by atoms with Crippen LogP contribution in [0.3, 0.4) is 0 Å². The summed E-state index contributed by atoms with van der Waals surface area (Å²) in [5.74, 6) is 0.435. The van der Waals surface area contributed by atoms with Gasteiger partial charge in [-0.15, -0.1) is 0 Å². The van der Waals surface area contributed by atoms with Crippen LogP contribution in [0, 0.1) is 0 Å². The van der Waals surface area contributed by atoms with Gasteiger partial charge in [-0.1, -0.05) is 45.7 Å². The van der Waals surface area contributed by atoms with Crippen LogP contribution in [-0.2, 0) is 11.2 Å². The topological polar surface area (TPSA) is 78.9 Å². The third-order valence-corrected chi connectivity index (χ3v) is 4.74. The van der Waals surface area contributed by atoms with Crippen molar-refractivity contribution in [1.82, 2.24) is 10.2 Å². The van der Waals surface area contributed by atoms with Gasteiger partial charge in [-0.3, -0.25) is 9.69 Å². The van der Waals surface area contributed by atoms with E-state index in [0.717, 1.165) is 29.7 Å². The zero-order chi connectivity index (χ0) is 19.2. The average molecular weight is 362 g/mol. The lowest BCUT2D eigenvalue weighted by molar-refractivity contribution is -0.133. The van der Waals surface area contributed by atoms with Gasteiger partial charge in [0.05, 0.1) is 6.54 Å². The molecule has 1 heterocycles. The van der Waals surface area contributed by atoms with Crippen LogP contribution in [0.1, 0.15) is 52.0 Å². The minimum absolute atomic E-state index is 0.0266. The Morgan fingerprint density at radius 2 is 1.88 bits per heavy atom. The second-order valence-electron chi connectivity index (χ2n) is 6.89. The van der Waals surface area contributed by atoms with Crippen LogP contribution < -0.4 is 10.1 Å². The second-order valence-corrected chi connectivity index (χ2v) is 6.89. The number of aliphatic hydroxyl groups excluding tert-OH is 1. The van der Waals surface area contributed by atoms with E-state index in [0.29, 0.717) is 18.6 Å². The highest BCUT2D eigenvalue weighted by Gasteiger charge is 2.50. The third kappa shape index (κ3) is 4.55. The number of aryl methyl sites for hydroxylation is 1. The van der Waals surface area contributed by atoms with Crippen molar-refractivity contribution < 1.29 is 19.4 Å². The molecule has 1 saturated heterocycles. The molecule has 1 aromatic rings. The Morgan fingerprint density at radius 1 is 1.19 bits per heavy atom. The quantitative estimate of drug-likeness (QED) is 0.627. The highest BCUT2D eigenvalue weighted by Crippen LogP contribution is 2.28. The number of ether oxygens (including phenoxy) is 1. The van der Waals surface area contributed by atoms with Crippen LogP contribution in [0.25, 0.3) is 0 Å². The molecule has 1 atom stereocenters. The standard InChI is InChI=1S/C20H30N2O4/c1-4-10-20(11-5-2)18(24)22(19(25)21-20)13-16(23)14-26-17-9-7-8-15(6-3)12-17/h7-9,12,16,23H,4-6,10-11,13-14H2,1-3H3,(H,21,25). The van der Waals surface area contributed by atoms with Crippen LogP contribution in [0.5, 0.6) is 5.75 Å². The van der Waals surface area contributed by atoms with E-state index in [2.05, 4.69) is 12.2 Å². The van der Waals surface area contributed by atoms with E-state index in [4.69, 9.17) is 4.74 Å². The summed E-state index contributed by atoms with van der Waals surface area (Å²) in [6.45, 7) is 6.01. The summed E-state index contributed by atoms with van der Waals surface area (Å²) in [5, 5.41) is 13.1. The zero-order valence-corrected chi connectivity index (χ0v) is 16.0. The van der Waals surface area contributed by atoms with Crippen LogP contribution >= 0.6 is 0 Å². The Kier molecular flexibility index (Phi) is 7.03. The lowest BCUT2D eigenvalue weighted by Crippen LogP contribution is -2.47. The van der Waals surface area contributed by atoms with E-state index < -0.39 is 17.7 Å². The molecule has 0 aliphatic carbocycles. The molecule has 2 N–H and O–H groups in total. The summed E-state index contributed by atoms with van der Waals surface area (Å²) in [6, 6.07) is 7.24. The second kappa shape index (κ2) is 9.03. The summed E-state index contributed by atoms with van der Waals surface area (Å²) >= 11 is 0. The van der Waals surface area contributed by atoms with Gasteiger partial charge in [0.2, 0.25) is 0 Å². The molecule has 0 bridgehead atoms. The maximum absolute atomic E-state index is 12.8. The van der Waals surface area contributed by atoms with Crippen molar-refractivity contribution in [2.75, 3.05) is 13.2 Å². The SMILES string of the molecule is CCCC1(CCC)NC(=O)N(CC(O)COc2cccc(CC)c2)C1=O. The summed E-state index contributed by atoms with van der Waals surface area (Å²) in [5.41, 5.74) is 0.325. The van der Waals surface area contributed by atoms with Crippen molar-refractivity contribution in [2.45, 2.75) is 64.5 Å². The van der Waals surface area contributed by atoms with Gasteiger partial charge >= 0.3 is 6.03 Å². The van der Waals surface area contributed by atoms with E-state index in [-0.39, 0.29) is 19.1 Å². The van der Waals surface area contributed by atoms with Gasteiger partial charge in [-0.05, 0) is 37.0 Å². The zero-order valence-electron chi connectivity index (χ0n) is 16.0. The van der Waals surface area contributed by atoms with Crippen molar-refractivity contribution in [3.8, 4) is 5.75 Å².